The molecule has 1 N–H and O–H groups in total. The Kier molecular flexibility index (Phi) is 4.57. The first-order chi connectivity index (χ1) is 8.27. The first kappa shape index (κ1) is 12.6. The van der Waals surface area contributed by atoms with Crippen LogP contribution < -0.4 is 5.32 Å². The zero-order chi connectivity index (χ0) is 12.1. The lowest BCUT2D eigenvalue weighted by atomic mass is 9.95. The fraction of sp³-hybridized carbons (Fsp3) is 0.600. The van der Waals surface area contributed by atoms with E-state index < -0.39 is 0 Å². The van der Waals surface area contributed by atoms with Gasteiger partial charge >= 0.3 is 0 Å². The van der Waals surface area contributed by atoms with Gasteiger partial charge in [0.15, 0.2) is 0 Å². The van der Waals surface area contributed by atoms with Crippen LogP contribution in [0, 0.1) is 11.8 Å². The Balaban J connectivity index is 1.93. The molecule has 17 heavy (non-hydrogen) atoms. The van der Waals surface area contributed by atoms with Gasteiger partial charge in [-0.3, -0.25) is 0 Å². The molecule has 1 saturated heterocycles. The average molecular weight is 233 g/mol. The zero-order valence-corrected chi connectivity index (χ0v) is 10.9. The van der Waals surface area contributed by atoms with Crippen molar-refractivity contribution in [1.82, 2.24) is 5.32 Å². The van der Waals surface area contributed by atoms with Crippen molar-refractivity contribution >= 4 is 0 Å². The van der Waals surface area contributed by atoms with E-state index in [1.54, 1.807) is 0 Å². The maximum absolute atomic E-state index is 5.42. The molecule has 1 heterocycles. The molecule has 1 fully saturated rings. The van der Waals surface area contributed by atoms with E-state index in [1.165, 1.54) is 12.0 Å². The van der Waals surface area contributed by atoms with E-state index in [4.69, 9.17) is 4.74 Å². The van der Waals surface area contributed by atoms with Crippen LogP contribution in [0.15, 0.2) is 30.3 Å². The molecule has 2 atom stereocenters. The highest BCUT2D eigenvalue weighted by atomic mass is 16.5. The van der Waals surface area contributed by atoms with E-state index in [0.29, 0.717) is 17.9 Å². The van der Waals surface area contributed by atoms with Gasteiger partial charge in [0.2, 0.25) is 0 Å². The summed E-state index contributed by atoms with van der Waals surface area (Å²) >= 11 is 0. The summed E-state index contributed by atoms with van der Waals surface area (Å²) in [6.45, 7) is 7.47. The van der Waals surface area contributed by atoms with Crippen molar-refractivity contribution in [3.05, 3.63) is 35.9 Å². The van der Waals surface area contributed by atoms with Crippen LogP contribution in [-0.4, -0.2) is 19.8 Å². The van der Waals surface area contributed by atoms with Gasteiger partial charge in [-0.1, -0.05) is 44.2 Å². The third-order valence-electron chi connectivity index (χ3n) is 3.48. The van der Waals surface area contributed by atoms with Crippen LogP contribution in [0.25, 0.3) is 0 Å². The molecule has 2 nitrogen and oxygen atoms in total. The highest BCUT2D eigenvalue weighted by Crippen LogP contribution is 2.22. The minimum atomic E-state index is 0.455. The van der Waals surface area contributed by atoms with Gasteiger partial charge in [-0.15, -0.1) is 0 Å². The van der Waals surface area contributed by atoms with E-state index in [9.17, 15) is 0 Å². The number of nitrogens with one attached hydrogen (secondary N) is 1. The summed E-state index contributed by atoms with van der Waals surface area (Å²) in [5, 5.41) is 3.70. The lowest BCUT2D eigenvalue weighted by Gasteiger charge is -2.24. The van der Waals surface area contributed by atoms with Crippen LogP contribution in [-0.2, 0) is 4.74 Å². The van der Waals surface area contributed by atoms with Gasteiger partial charge in [0.1, 0.15) is 0 Å². The second-order valence-corrected chi connectivity index (χ2v) is 5.27. The van der Waals surface area contributed by atoms with Gasteiger partial charge in [0, 0.05) is 19.2 Å². The number of hydrogen-bond donors (Lipinski definition) is 1. The molecule has 0 bridgehead atoms. The SMILES string of the molecule is CC(C)C(NCC1CCOC1)c1ccccc1. The molecule has 0 spiro atoms. The summed E-state index contributed by atoms with van der Waals surface area (Å²) in [5.74, 6) is 1.31. The molecular weight excluding hydrogens is 210 g/mol. The van der Waals surface area contributed by atoms with Crippen molar-refractivity contribution in [2.24, 2.45) is 11.8 Å². The molecule has 1 aliphatic rings. The summed E-state index contributed by atoms with van der Waals surface area (Å²) in [5.41, 5.74) is 1.39. The maximum atomic E-state index is 5.42. The number of ether oxygens (including phenoxy) is 1. The molecular formula is C15H23NO. The Morgan fingerprint density at radius 1 is 1.29 bits per heavy atom. The Morgan fingerprint density at radius 2 is 2.06 bits per heavy atom. The Bertz CT molecular complexity index is 317. The maximum Gasteiger partial charge on any atom is 0.0507 e. The lowest BCUT2D eigenvalue weighted by Crippen LogP contribution is -2.30. The minimum Gasteiger partial charge on any atom is -0.381 e. The van der Waals surface area contributed by atoms with Crippen LogP contribution in [0.4, 0.5) is 0 Å². The van der Waals surface area contributed by atoms with E-state index in [0.717, 1.165) is 19.8 Å². The van der Waals surface area contributed by atoms with Crippen molar-refractivity contribution < 1.29 is 4.74 Å². The largest absolute Gasteiger partial charge is 0.381 e. The second kappa shape index (κ2) is 6.18. The Labute approximate surface area is 104 Å². The molecule has 0 saturated carbocycles. The number of benzene rings is 1. The number of rotatable bonds is 5. The second-order valence-electron chi connectivity index (χ2n) is 5.27. The van der Waals surface area contributed by atoms with E-state index in [-0.39, 0.29) is 0 Å². The lowest BCUT2D eigenvalue weighted by molar-refractivity contribution is 0.184. The van der Waals surface area contributed by atoms with Crippen LogP contribution >= 0.6 is 0 Å². The van der Waals surface area contributed by atoms with Gasteiger partial charge in [-0.05, 0) is 23.8 Å². The van der Waals surface area contributed by atoms with Crippen molar-refractivity contribution in [2.75, 3.05) is 19.8 Å². The monoisotopic (exact) mass is 233 g/mol. The predicted molar refractivity (Wildman–Crippen MR) is 70.9 cm³/mol. The quantitative estimate of drug-likeness (QED) is 0.844. The van der Waals surface area contributed by atoms with Gasteiger partial charge in [0.25, 0.3) is 0 Å². The first-order valence-electron chi connectivity index (χ1n) is 6.63. The highest BCUT2D eigenvalue weighted by molar-refractivity contribution is 5.19. The van der Waals surface area contributed by atoms with Crippen LogP contribution in [0.1, 0.15) is 31.9 Å². The standard InChI is InChI=1S/C15H23NO/c1-12(2)15(14-6-4-3-5-7-14)16-10-13-8-9-17-11-13/h3-7,12-13,15-16H,8-11H2,1-2H3. The van der Waals surface area contributed by atoms with E-state index in [2.05, 4.69) is 49.5 Å². The van der Waals surface area contributed by atoms with Crippen molar-refractivity contribution in [3.63, 3.8) is 0 Å². The van der Waals surface area contributed by atoms with Gasteiger partial charge in [-0.2, -0.15) is 0 Å². The smallest absolute Gasteiger partial charge is 0.0507 e. The van der Waals surface area contributed by atoms with Crippen molar-refractivity contribution in [1.29, 1.82) is 0 Å². The molecule has 0 aliphatic carbocycles. The van der Waals surface area contributed by atoms with Crippen LogP contribution in [0.5, 0.6) is 0 Å². The van der Waals surface area contributed by atoms with Crippen LogP contribution in [0.2, 0.25) is 0 Å². The molecule has 2 unspecified atom stereocenters. The fourth-order valence-corrected chi connectivity index (χ4v) is 2.44. The molecule has 0 radical (unpaired) electrons. The topological polar surface area (TPSA) is 21.3 Å². The minimum absolute atomic E-state index is 0.455. The molecule has 0 aromatic heterocycles. The molecule has 0 amide bonds. The molecule has 2 heteroatoms. The van der Waals surface area contributed by atoms with E-state index >= 15 is 0 Å². The molecule has 1 aromatic rings. The molecule has 2 rings (SSSR count). The molecule has 94 valence electrons. The third-order valence-corrected chi connectivity index (χ3v) is 3.48. The Morgan fingerprint density at radius 3 is 2.65 bits per heavy atom. The first-order valence-corrected chi connectivity index (χ1v) is 6.63. The normalized spacial score (nSPS) is 21.9. The van der Waals surface area contributed by atoms with E-state index in [1.807, 2.05) is 0 Å². The van der Waals surface area contributed by atoms with Gasteiger partial charge in [0.05, 0.1) is 6.61 Å². The van der Waals surface area contributed by atoms with Gasteiger partial charge in [-0.25, -0.2) is 0 Å². The Hall–Kier alpha value is -0.860. The summed E-state index contributed by atoms with van der Waals surface area (Å²) in [6, 6.07) is 11.2. The van der Waals surface area contributed by atoms with Gasteiger partial charge < -0.3 is 10.1 Å². The summed E-state index contributed by atoms with van der Waals surface area (Å²) in [6.07, 6.45) is 1.20. The number of hydrogen-bond acceptors (Lipinski definition) is 2. The van der Waals surface area contributed by atoms with Crippen molar-refractivity contribution in [3.8, 4) is 0 Å². The molecule has 1 aromatic carbocycles. The van der Waals surface area contributed by atoms with Crippen LogP contribution in [0.3, 0.4) is 0 Å². The summed E-state index contributed by atoms with van der Waals surface area (Å²) in [7, 11) is 0. The summed E-state index contributed by atoms with van der Waals surface area (Å²) < 4.78 is 5.42. The third kappa shape index (κ3) is 3.55. The highest BCUT2D eigenvalue weighted by Gasteiger charge is 2.19. The fourth-order valence-electron chi connectivity index (χ4n) is 2.44. The summed E-state index contributed by atoms with van der Waals surface area (Å²) in [4.78, 5) is 0. The predicted octanol–water partition coefficient (Wildman–Crippen LogP) is 3.01. The zero-order valence-electron chi connectivity index (χ0n) is 10.9. The van der Waals surface area contributed by atoms with Crippen molar-refractivity contribution in [2.45, 2.75) is 26.3 Å². The molecule has 1 aliphatic heterocycles. The average Bonchev–Trinajstić information content (AvgIpc) is 2.83.